The minimum absolute atomic E-state index is 0.702. The highest BCUT2D eigenvalue weighted by Gasteiger charge is 2.12. The summed E-state index contributed by atoms with van der Waals surface area (Å²) in [5, 5.41) is 15.4. The van der Waals surface area contributed by atoms with E-state index in [9.17, 15) is 0 Å². The number of anilines is 4. The van der Waals surface area contributed by atoms with Gasteiger partial charge in [-0.3, -0.25) is 4.68 Å². The standard InChI is InChI=1S/C22H20N8/c1-15-6-3-4-7-18(15)27-21-19(10-16(11-23-21)17-12-25-29(2)13-17)28-22-20-8-5-9-30(20)26-14-24-22/h3-14H,1-2H3,(H,23,27)(H,24,26,28). The molecule has 8 heteroatoms. The lowest BCUT2D eigenvalue weighted by atomic mass is 10.1. The second kappa shape index (κ2) is 7.32. The van der Waals surface area contributed by atoms with Crippen LogP contribution < -0.4 is 10.6 Å². The molecule has 0 radical (unpaired) electrons. The van der Waals surface area contributed by atoms with Crippen LogP contribution >= 0.6 is 0 Å². The highest BCUT2D eigenvalue weighted by molar-refractivity contribution is 5.83. The summed E-state index contributed by atoms with van der Waals surface area (Å²) in [5.41, 5.74) is 5.77. The molecule has 0 fully saturated rings. The molecule has 4 aromatic heterocycles. The van der Waals surface area contributed by atoms with Gasteiger partial charge in [-0.2, -0.15) is 10.2 Å². The van der Waals surface area contributed by atoms with Crippen molar-refractivity contribution in [1.29, 1.82) is 0 Å². The lowest BCUT2D eigenvalue weighted by molar-refractivity contribution is 0.768. The number of aromatic nitrogens is 6. The van der Waals surface area contributed by atoms with E-state index < -0.39 is 0 Å². The van der Waals surface area contributed by atoms with Crippen LogP contribution in [0.3, 0.4) is 0 Å². The van der Waals surface area contributed by atoms with Crippen LogP contribution in [-0.2, 0) is 7.05 Å². The van der Waals surface area contributed by atoms with E-state index in [2.05, 4.69) is 38.8 Å². The molecule has 0 aliphatic rings. The van der Waals surface area contributed by atoms with Crippen molar-refractivity contribution in [2.75, 3.05) is 10.6 Å². The summed E-state index contributed by atoms with van der Waals surface area (Å²) in [7, 11) is 1.90. The van der Waals surface area contributed by atoms with Gasteiger partial charge in [0.25, 0.3) is 0 Å². The van der Waals surface area contributed by atoms with Crippen LogP contribution in [0.15, 0.2) is 73.6 Å². The van der Waals surface area contributed by atoms with Gasteiger partial charge in [0.15, 0.2) is 11.6 Å². The lowest BCUT2D eigenvalue weighted by Gasteiger charge is -2.15. The summed E-state index contributed by atoms with van der Waals surface area (Å²) in [4.78, 5) is 9.14. The van der Waals surface area contributed by atoms with Crippen LogP contribution in [0.2, 0.25) is 0 Å². The van der Waals surface area contributed by atoms with Crippen LogP contribution in [0.4, 0.5) is 23.0 Å². The average molecular weight is 396 g/mol. The van der Waals surface area contributed by atoms with Gasteiger partial charge in [-0.15, -0.1) is 0 Å². The SMILES string of the molecule is Cc1ccccc1Nc1ncc(-c2cnn(C)c2)cc1Nc1ncnn2cccc12. The Balaban J connectivity index is 1.59. The predicted molar refractivity (Wildman–Crippen MR) is 117 cm³/mol. The Morgan fingerprint density at radius 2 is 1.70 bits per heavy atom. The van der Waals surface area contributed by atoms with Crippen LogP contribution in [0.1, 0.15) is 5.56 Å². The topological polar surface area (TPSA) is 85.0 Å². The number of aryl methyl sites for hydroxylation is 2. The fourth-order valence-electron chi connectivity index (χ4n) is 3.32. The predicted octanol–water partition coefficient (Wildman–Crippen LogP) is 4.32. The normalized spacial score (nSPS) is 11.0. The molecular weight excluding hydrogens is 376 g/mol. The number of benzene rings is 1. The van der Waals surface area contributed by atoms with Gasteiger partial charge in [-0.05, 0) is 36.8 Å². The Labute approximate surface area is 173 Å². The summed E-state index contributed by atoms with van der Waals surface area (Å²) in [6.45, 7) is 2.06. The Morgan fingerprint density at radius 3 is 2.53 bits per heavy atom. The number of fused-ring (bicyclic) bond motifs is 1. The first-order chi connectivity index (χ1) is 14.7. The van der Waals surface area contributed by atoms with Gasteiger partial charge in [-0.25, -0.2) is 14.5 Å². The highest BCUT2D eigenvalue weighted by atomic mass is 15.3. The molecule has 0 saturated carbocycles. The van der Waals surface area contributed by atoms with Gasteiger partial charge in [0, 0.05) is 42.5 Å². The number of rotatable bonds is 5. The molecule has 5 aromatic rings. The van der Waals surface area contributed by atoms with Crippen molar-refractivity contribution in [3.63, 3.8) is 0 Å². The Hall–Kier alpha value is -4.20. The summed E-state index contributed by atoms with van der Waals surface area (Å²) in [6.07, 6.45) is 9.05. The Bertz CT molecular complexity index is 1330. The van der Waals surface area contributed by atoms with Crippen molar-refractivity contribution in [3.8, 4) is 11.1 Å². The Kier molecular flexibility index (Phi) is 4.36. The number of hydrogen-bond donors (Lipinski definition) is 2. The molecule has 0 atom stereocenters. The van der Waals surface area contributed by atoms with Gasteiger partial charge < -0.3 is 10.6 Å². The molecule has 0 amide bonds. The van der Waals surface area contributed by atoms with Crippen LogP contribution in [0.5, 0.6) is 0 Å². The molecule has 0 saturated heterocycles. The molecule has 8 nitrogen and oxygen atoms in total. The van der Waals surface area contributed by atoms with Gasteiger partial charge in [0.2, 0.25) is 0 Å². The third-order valence-corrected chi connectivity index (χ3v) is 4.91. The third kappa shape index (κ3) is 3.35. The summed E-state index contributed by atoms with van der Waals surface area (Å²) in [5.74, 6) is 1.41. The molecule has 148 valence electrons. The fourth-order valence-corrected chi connectivity index (χ4v) is 3.32. The van der Waals surface area contributed by atoms with E-state index in [1.807, 2.05) is 68.2 Å². The number of nitrogens with zero attached hydrogens (tertiary/aromatic N) is 6. The van der Waals surface area contributed by atoms with Crippen molar-refractivity contribution in [3.05, 3.63) is 79.1 Å². The zero-order valence-electron chi connectivity index (χ0n) is 16.6. The van der Waals surface area contributed by atoms with Gasteiger partial charge in [0.05, 0.1) is 11.9 Å². The molecule has 0 aliphatic heterocycles. The minimum Gasteiger partial charge on any atom is -0.338 e. The molecule has 4 heterocycles. The third-order valence-electron chi connectivity index (χ3n) is 4.91. The maximum Gasteiger partial charge on any atom is 0.158 e. The van der Waals surface area contributed by atoms with E-state index in [0.29, 0.717) is 11.6 Å². The van der Waals surface area contributed by atoms with Gasteiger partial charge in [0.1, 0.15) is 11.8 Å². The van der Waals surface area contributed by atoms with Crippen molar-refractivity contribution in [2.45, 2.75) is 6.92 Å². The van der Waals surface area contributed by atoms with Crippen molar-refractivity contribution >= 4 is 28.5 Å². The second-order valence-corrected chi connectivity index (χ2v) is 7.03. The van der Waals surface area contributed by atoms with E-state index in [4.69, 9.17) is 4.98 Å². The minimum atomic E-state index is 0.702. The maximum absolute atomic E-state index is 4.70. The molecular formula is C22H20N8. The zero-order valence-corrected chi connectivity index (χ0v) is 16.6. The average Bonchev–Trinajstić information content (AvgIpc) is 3.40. The molecule has 30 heavy (non-hydrogen) atoms. The molecule has 2 N–H and O–H groups in total. The first-order valence-corrected chi connectivity index (χ1v) is 9.54. The second-order valence-electron chi connectivity index (χ2n) is 7.03. The molecule has 0 bridgehead atoms. The van der Waals surface area contributed by atoms with Crippen LogP contribution in [-0.4, -0.2) is 29.4 Å². The fraction of sp³-hybridized carbons (Fsp3) is 0.0909. The van der Waals surface area contributed by atoms with E-state index in [1.165, 1.54) is 6.33 Å². The van der Waals surface area contributed by atoms with E-state index in [-0.39, 0.29) is 0 Å². The molecule has 0 aliphatic carbocycles. The monoisotopic (exact) mass is 396 g/mol. The first-order valence-electron chi connectivity index (χ1n) is 9.54. The number of para-hydroxylation sites is 1. The summed E-state index contributed by atoms with van der Waals surface area (Å²) < 4.78 is 3.55. The maximum atomic E-state index is 4.70. The first kappa shape index (κ1) is 17.9. The largest absolute Gasteiger partial charge is 0.338 e. The number of hydrogen-bond acceptors (Lipinski definition) is 6. The zero-order chi connectivity index (χ0) is 20.5. The van der Waals surface area contributed by atoms with Crippen molar-refractivity contribution in [2.24, 2.45) is 7.05 Å². The molecule has 0 unspecified atom stereocenters. The summed E-state index contributed by atoms with van der Waals surface area (Å²) in [6, 6.07) is 14.1. The smallest absolute Gasteiger partial charge is 0.158 e. The summed E-state index contributed by atoms with van der Waals surface area (Å²) >= 11 is 0. The van der Waals surface area contributed by atoms with E-state index >= 15 is 0 Å². The number of nitrogens with one attached hydrogen (secondary N) is 2. The van der Waals surface area contributed by atoms with E-state index in [0.717, 1.165) is 33.6 Å². The molecule has 0 spiro atoms. The molecule has 1 aromatic carbocycles. The van der Waals surface area contributed by atoms with Gasteiger partial charge in [-0.1, -0.05) is 18.2 Å². The Morgan fingerprint density at radius 1 is 0.833 bits per heavy atom. The lowest BCUT2D eigenvalue weighted by Crippen LogP contribution is -2.04. The molecule has 5 rings (SSSR count). The van der Waals surface area contributed by atoms with Crippen LogP contribution in [0, 0.1) is 6.92 Å². The van der Waals surface area contributed by atoms with Crippen molar-refractivity contribution in [1.82, 2.24) is 29.4 Å². The quantitative estimate of drug-likeness (QED) is 0.460. The van der Waals surface area contributed by atoms with Crippen molar-refractivity contribution < 1.29 is 0 Å². The highest BCUT2D eigenvalue weighted by Crippen LogP contribution is 2.32. The van der Waals surface area contributed by atoms with E-state index in [1.54, 1.807) is 9.20 Å². The number of pyridine rings is 1. The van der Waals surface area contributed by atoms with Gasteiger partial charge >= 0.3 is 0 Å². The van der Waals surface area contributed by atoms with Crippen LogP contribution in [0.25, 0.3) is 16.6 Å².